The minimum Gasteiger partial charge on any atom is -0.486 e. The molecule has 0 saturated carbocycles. The van der Waals surface area contributed by atoms with E-state index in [4.69, 9.17) is 9.16 Å². The zero-order valence-electron chi connectivity index (χ0n) is 16.8. The fourth-order valence-corrected chi connectivity index (χ4v) is 3.36. The molecule has 0 aliphatic carbocycles. The number of benzene rings is 2. The first kappa shape index (κ1) is 20.7. The molecule has 0 aliphatic heterocycles. The SMILES string of the molecule is CC[C@H](Oc1ccc(CO[Si](C)(C)C(C)(C)C)c(F)c1)c1ccccc1. The summed E-state index contributed by atoms with van der Waals surface area (Å²) in [6.07, 6.45) is 0.743. The summed E-state index contributed by atoms with van der Waals surface area (Å²) in [5.41, 5.74) is 1.68. The van der Waals surface area contributed by atoms with Gasteiger partial charge in [0.25, 0.3) is 0 Å². The first-order chi connectivity index (χ1) is 12.1. The molecule has 0 heterocycles. The summed E-state index contributed by atoms with van der Waals surface area (Å²) in [5.74, 6) is 0.276. The lowest BCUT2D eigenvalue weighted by atomic mass is 10.1. The Morgan fingerprint density at radius 2 is 1.69 bits per heavy atom. The molecular weight excluding hydrogens is 343 g/mol. The van der Waals surface area contributed by atoms with E-state index in [1.807, 2.05) is 36.4 Å². The van der Waals surface area contributed by atoms with Gasteiger partial charge in [0, 0.05) is 11.6 Å². The molecular formula is C22H31FO2Si. The second-order valence-electron chi connectivity index (χ2n) is 8.23. The van der Waals surface area contributed by atoms with Crippen LogP contribution in [0.25, 0.3) is 0 Å². The van der Waals surface area contributed by atoms with Crippen LogP contribution in [0.4, 0.5) is 4.39 Å². The highest BCUT2D eigenvalue weighted by molar-refractivity contribution is 6.74. The largest absolute Gasteiger partial charge is 0.486 e. The normalized spacial score (nSPS) is 13.5. The van der Waals surface area contributed by atoms with Gasteiger partial charge in [-0.1, -0.05) is 64.1 Å². The molecule has 142 valence electrons. The number of halogens is 1. The van der Waals surface area contributed by atoms with E-state index in [9.17, 15) is 4.39 Å². The number of hydrogen-bond acceptors (Lipinski definition) is 2. The molecule has 2 aromatic rings. The van der Waals surface area contributed by atoms with Crippen molar-refractivity contribution in [2.24, 2.45) is 0 Å². The molecule has 1 atom stereocenters. The van der Waals surface area contributed by atoms with E-state index in [-0.39, 0.29) is 17.0 Å². The van der Waals surface area contributed by atoms with Crippen LogP contribution in [0.2, 0.25) is 18.1 Å². The van der Waals surface area contributed by atoms with E-state index in [0.717, 1.165) is 12.0 Å². The zero-order chi connectivity index (χ0) is 19.4. The van der Waals surface area contributed by atoms with Gasteiger partial charge in [0.05, 0.1) is 6.61 Å². The van der Waals surface area contributed by atoms with Crippen molar-refractivity contribution in [3.8, 4) is 5.75 Å². The van der Waals surface area contributed by atoms with Crippen molar-refractivity contribution in [1.29, 1.82) is 0 Å². The summed E-state index contributed by atoms with van der Waals surface area (Å²) in [6, 6.07) is 15.1. The third-order valence-corrected chi connectivity index (χ3v) is 9.72. The molecule has 0 radical (unpaired) electrons. The van der Waals surface area contributed by atoms with Crippen molar-refractivity contribution >= 4 is 8.32 Å². The maximum Gasteiger partial charge on any atom is 0.192 e. The molecule has 4 heteroatoms. The molecule has 2 nitrogen and oxygen atoms in total. The third kappa shape index (κ3) is 5.18. The molecule has 2 aromatic carbocycles. The van der Waals surface area contributed by atoms with Crippen molar-refractivity contribution in [2.45, 2.75) is 65.0 Å². The first-order valence-corrected chi connectivity index (χ1v) is 12.2. The highest BCUT2D eigenvalue weighted by Crippen LogP contribution is 2.37. The van der Waals surface area contributed by atoms with E-state index in [1.54, 1.807) is 6.07 Å². The molecule has 0 N–H and O–H groups in total. The summed E-state index contributed by atoms with van der Waals surface area (Å²) in [5, 5.41) is 0.108. The summed E-state index contributed by atoms with van der Waals surface area (Å²) < 4.78 is 26.7. The van der Waals surface area contributed by atoms with E-state index >= 15 is 0 Å². The molecule has 0 bridgehead atoms. The van der Waals surface area contributed by atoms with Gasteiger partial charge in [-0.15, -0.1) is 0 Å². The minimum atomic E-state index is -1.90. The summed E-state index contributed by atoms with van der Waals surface area (Å²) in [6.45, 7) is 13.3. The van der Waals surface area contributed by atoms with Crippen LogP contribution in [0.5, 0.6) is 5.75 Å². The molecule has 0 fully saturated rings. The lowest BCUT2D eigenvalue weighted by molar-refractivity contribution is 0.200. The van der Waals surface area contributed by atoms with Gasteiger partial charge in [-0.2, -0.15) is 0 Å². The van der Waals surface area contributed by atoms with E-state index in [1.165, 1.54) is 6.07 Å². The van der Waals surface area contributed by atoms with Crippen LogP contribution in [0, 0.1) is 5.82 Å². The van der Waals surface area contributed by atoms with Crippen molar-refractivity contribution in [3.05, 3.63) is 65.5 Å². The van der Waals surface area contributed by atoms with Crippen LogP contribution < -0.4 is 4.74 Å². The molecule has 26 heavy (non-hydrogen) atoms. The van der Waals surface area contributed by atoms with Gasteiger partial charge in [0.2, 0.25) is 0 Å². The predicted molar refractivity (Wildman–Crippen MR) is 108 cm³/mol. The quantitative estimate of drug-likeness (QED) is 0.492. The fourth-order valence-electron chi connectivity index (χ4n) is 2.41. The van der Waals surface area contributed by atoms with E-state index < -0.39 is 8.32 Å². The van der Waals surface area contributed by atoms with Gasteiger partial charge in [0.1, 0.15) is 17.7 Å². The van der Waals surface area contributed by atoms with Crippen molar-refractivity contribution in [1.82, 2.24) is 0 Å². The molecule has 0 spiro atoms. The number of ether oxygens (including phenoxy) is 1. The fraction of sp³-hybridized carbons (Fsp3) is 0.455. The second-order valence-corrected chi connectivity index (χ2v) is 13.0. The van der Waals surface area contributed by atoms with Crippen LogP contribution in [0.3, 0.4) is 0 Å². The Kier molecular flexibility index (Phi) is 6.64. The van der Waals surface area contributed by atoms with Crippen LogP contribution >= 0.6 is 0 Å². The summed E-state index contributed by atoms with van der Waals surface area (Å²) >= 11 is 0. The van der Waals surface area contributed by atoms with Crippen LogP contribution in [0.1, 0.15) is 51.3 Å². The Morgan fingerprint density at radius 3 is 2.23 bits per heavy atom. The van der Waals surface area contributed by atoms with Crippen molar-refractivity contribution < 1.29 is 13.6 Å². The molecule has 0 aliphatic rings. The maximum absolute atomic E-state index is 14.5. The Morgan fingerprint density at radius 1 is 1.04 bits per heavy atom. The first-order valence-electron chi connectivity index (χ1n) is 9.28. The van der Waals surface area contributed by atoms with Crippen LogP contribution in [-0.2, 0) is 11.0 Å². The summed E-state index contributed by atoms with van der Waals surface area (Å²) in [4.78, 5) is 0. The average Bonchev–Trinajstić information content (AvgIpc) is 2.58. The zero-order valence-corrected chi connectivity index (χ0v) is 17.8. The Hall–Kier alpha value is -1.65. The van der Waals surface area contributed by atoms with Gasteiger partial charge in [-0.3, -0.25) is 0 Å². The van der Waals surface area contributed by atoms with Gasteiger partial charge in [-0.25, -0.2) is 4.39 Å². The molecule has 0 amide bonds. The number of hydrogen-bond donors (Lipinski definition) is 0. The average molecular weight is 375 g/mol. The maximum atomic E-state index is 14.5. The van der Waals surface area contributed by atoms with Gasteiger partial charge in [-0.05, 0) is 36.2 Å². The molecule has 0 unspecified atom stereocenters. The molecule has 2 rings (SSSR count). The van der Waals surface area contributed by atoms with E-state index in [2.05, 4.69) is 40.8 Å². The van der Waals surface area contributed by atoms with Crippen LogP contribution in [-0.4, -0.2) is 8.32 Å². The lowest BCUT2D eigenvalue weighted by Gasteiger charge is -2.36. The topological polar surface area (TPSA) is 18.5 Å². The monoisotopic (exact) mass is 374 g/mol. The van der Waals surface area contributed by atoms with E-state index in [0.29, 0.717) is 17.9 Å². The van der Waals surface area contributed by atoms with Crippen molar-refractivity contribution in [2.75, 3.05) is 0 Å². The Labute approximate surface area is 158 Å². The lowest BCUT2D eigenvalue weighted by Crippen LogP contribution is -2.40. The Balaban J connectivity index is 2.07. The minimum absolute atomic E-state index is 0.0788. The standard InChI is InChI=1S/C22H31FO2Si/c1-7-21(17-11-9-8-10-12-17)25-19-14-13-18(20(23)15-19)16-24-26(5,6)22(2,3)4/h8-15,21H,7,16H2,1-6H3/t21-/m0/s1. The summed E-state index contributed by atoms with van der Waals surface area (Å²) in [7, 11) is -1.90. The van der Waals surface area contributed by atoms with Crippen molar-refractivity contribution in [3.63, 3.8) is 0 Å². The second kappa shape index (κ2) is 8.36. The predicted octanol–water partition coefficient (Wildman–Crippen LogP) is 6.88. The highest BCUT2D eigenvalue weighted by Gasteiger charge is 2.37. The van der Waals surface area contributed by atoms with Crippen LogP contribution in [0.15, 0.2) is 48.5 Å². The van der Waals surface area contributed by atoms with Gasteiger partial charge < -0.3 is 9.16 Å². The van der Waals surface area contributed by atoms with Gasteiger partial charge in [0.15, 0.2) is 8.32 Å². The molecule has 0 saturated heterocycles. The third-order valence-electron chi connectivity index (χ3n) is 5.24. The smallest absolute Gasteiger partial charge is 0.192 e. The molecule has 0 aromatic heterocycles. The Bertz CT molecular complexity index is 708. The number of rotatable bonds is 7. The van der Waals surface area contributed by atoms with Gasteiger partial charge >= 0.3 is 0 Å². The highest BCUT2D eigenvalue weighted by atomic mass is 28.4.